The summed E-state index contributed by atoms with van der Waals surface area (Å²) in [6.07, 6.45) is 2.02. The highest BCUT2D eigenvalue weighted by Gasteiger charge is 2.04. The molecule has 0 saturated carbocycles. The Hall–Kier alpha value is -1.94. The van der Waals surface area contributed by atoms with Crippen LogP contribution in [0.2, 0.25) is 0 Å². The molecule has 0 aliphatic rings. The van der Waals surface area contributed by atoms with Crippen molar-refractivity contribution in [2.24, 2.45) is 0 Å². The Kier molecular flexibility index (Phi) is 5.28. The van der Waals surface area contributed by atoms with E-state index in [2.05, 4.69) is 5.32 Å². The standard InChI is InChI=1S/C17H19NO2S/c1-12-4-7-15(10-13(12)2)20-11-17(19)18-14-5-8-16(21-3)9-6-14/h4-10H,11H2,1-3H3,(H,18,19). The molecule has 0 unspecified atom stereocenters. The Morgan fingerprint density at radius 1 is 1.10 bits per heavy atom. The maximum atomic E-state index is 11.9. The van der Waals surface area contributed by atoms with Crippen LogP contribution in [0.4, 0.5) is 5.69 Å². The number of hydrogen-bond donors (Lipinski definition) is 1. The van der Waals surface area contributed by atoms with Crippen molar-refractivity contribution in [2.75, 3.05) is 18.2 Å². The molecule has 0 spiro atoms. The summed E-state index contributed by atoms with van der Waals surface area (Å²) in [5, 5.41) is 2.82. The number of carbonyl (C=O) groups excluding carboxylic acids is 1. The van der Waals surface area contributed by atoms with Crippen molar-refractivity contribution in [3.63, 3.8) is 0 Å². The van der Waals surface area contributed by atoms with Crippen LogP contribution in [0.1, 0.15) is 11.1 Å². The SMILES string of the molecule is CSc1ccc(NC(=O)COc2ccc(C)c(C)c2)cc1. The minimum atomic E-state index is -0.162. The van der Waals surface area contributed by atoms with Gasteiger partial charge in [-0.25, -0.2) is 0 Å². The molecule has 0 heterocycles. The largest absolute Gasteiger partial charge is 0.484 e. The Balaban J connectivity index is 1.87. The molecule has 2 aromatic rings. The van der Waals surface area contributed by atoms with E-state index in [9.17, 15) is 4.79 Å². The van der Waals surface area contributed by atoms with Crippen molar-refractivity contribution >= 4 is 23.4 Å². The number of thioether (sulfide) groups is 1. The quantitative estimate of drug-likeness (QED) is 0.847. The third-order valence-corrected chi connectivity index (χ3v) is 3.97. The number of ether oxygens (including phenoxy) is 1. The van der Waals surface area contributed by atoms with Gasteiger partial charge in [-0.3, -0.25) is 4.79 Å². The fourth-order valence-corrected chi connectivity index (χ4v) is 2.23. The minimum absolute atomic E-state index is 0.00673. The summed E-state index contributed by atoms with van der Waals surface area (Å²) >= 11 is 1.67. The van der Waals surface area contributed by atoms with Gasteiger partial charge in [0.2, 0.25) is 0 Å². The fourth-order valence-electron chi connectivity index (χ4n) is 1.82. The Morgan fingerprint density at radius 3 is 2.43 bits per heavy atom. The van der Waals surface area contributed by atoms with E-state index in [1.165, 1.54) is 10.5 Å². The summed E-state index contributed by atoms with van der Waals surface area (Å²) in [6, 6.07) is 13.5. The lowest BCUT2D eigenvalue weighted by atomic mass is 10.1. The lowest BCUT2D eigenvalue weighted by Crippen LogP contribution is -2.20. The Bertz CT molecular complexity index is 623. The first-order valence-electron chi connectivity index (χ1n) is 6.72. The van der Waals surface area contributed by atoms with Crippen molar-refractivity contribution in [1.29, 1.82) is 0 Å². The molecule has 3 nitrogen and oxygen atoms in total. The van der Waals surface area contributed by atoms with Crippen molar-refractivity contribution in [3.8, 4) is 5.75 Å². The molecule has 0 fully saturated rings. The van der Waals surface area contributed by atoms with Gasteiger partial charge in [0.05, 0.1) is 0 Å². The second kappa shape index (κ2) is 7.18. The number of benzene rings is 2. The van der Waals surface area contributed by atoms with Crippen molar-refractivity contribution in [3.05, 3.63) is 53.6 Å². The van der Waals surface area contributed by atoms with Gasteiger partial charge in [-0.05, 0) is 67.6 Å². The van der Waals surface area contributed by atoms with Gasteiger partial charge in [0, 0.05) is 10.6 Å². The molecule has 2 rings (SSSR count). The van der Waals surface area contributed by atoms with Crippen molar-refractivity contribution < 1.29 is 9.53 Å². The summed E-state index contributed by atoms with van der Waals surface area (Å²) in [4.78, 5) is 13.0. The lowest BCUT2D eigenvalue weighted by Gasteiger charge is -2.09. The molecule has 0 atom stereocenters. The predicted octanol–water partition coefficient (Wildman–Crippen LogP) is 4.04. The van der Waals surface area contributed by atoms with Gasteiger partial charge in [0.25, 0.3) is 5.91 Å². The number of amides is 1. The van der Waals surface area contributed by atoms with Gasteiger partial charge < -0.3 is 10.1 Å². The van der Waals surface area contributed by atoms with Gasteiger partial charge >= 0.3 is 0 Å². The third-order valence-electron chi connectivity index (χ3n) is 3.22. The van der Waals surface area contributed by atoms with Crippen LogP contribution < -0.4 is 10.1 Å². The maximum Gasteiger partial charge on any atom is 0.262 e. The van der Waals surface area contributed by atoms with E-state index in [4.69, 9.17) is 4.74 Å². The normalized spacial score (nSPS) is 10.2. The third kappa shape index (κ3) is 4.53. The zero-order valence-electron chi connectivity index (χ0n) is 12.5. The number of aryl methyl sites for hydroxylation is 2. The van der Waals surface area contributed by atoms with E-state index in [1.54, 1.807) is 11.8 Å². The molecular formula is C17H19NO2S. The van der Waals surface area contributed by atoms with Crippen LogP contribution in [0.5, 0.6) is 5.75 Å². The lowest BCUT2D eigenvalue weighted by molar-refractivity contribution is -0.118. The molecule has 0 aliphatic carbocycles. The zero-order chi connectivity index (χ0) is 15.2. The average Bonchev–Trinajstić information content (AvgIpc) is 2.49. The van der Waals surface area contributed by atoms with Gasteiger partial charge in [-0.15, -0.1) is 11.8 Å². The molecule has 1 amide bonds. The van der Waals surface area contributed by atoms with Crippen LogP contribution >= 0.6 is 11.8 Å². The molecule has 0 saturated heterocycles. The average molecular weight is 301 g/mol. The molecule has 110 valence electrons. The van der Waals surface area contributed by atoms with Crippen LogP contribution in [0.15, 0.2) is 47.4 Å². The number of nitrogens with one attached hydrogen (secondary N) is 1. The van der Waals surface area contributed by atoms with Crippen LogP contribution in [-0.4, -0.2) is 18.8 Å². The molecule has 2 aromatic carbocycles. The summed E-state index contributed by atoms with van der Waals surface area (Å²) in [7, 11) is 0. The molecule has 0 aromatic heterocycles. The van der Waals surface area contributed by atoms with Crippen LogP contribution in [0, 0.1) is 13.8 Å². The highest BCUT2D eigenvalue weighted by atomic mass is 32.2. The number of anilines is 1. The van der Waals surface area contributed by atoms with Gasteiger partial charge in [-0.2, -0.15) is 0 Å². The van der Waals surface area contributed by atoms with E-state index < -0.39 is 0 Å². The number of hydrogen-bond acceptors (Lipinski definition) is 3. The molecule has 0 radical (unpaired) electrons. The predicted molar refractivity (Wildman–Crippen MR) is 88.3 cm³/mol. The van der Waals surface area contributed by atoms with Gasteiger partial charge in [-0.1, -0.05) is 6.07 Å². The fraction of sp³-hybridized carbons (Fsp3) is 0.235. The van der Waals surface area contributed by atoms with Gasteiger partial charge in [0.15, 0.2) is 6.61 Å². The molecule has 0 aliphatic heterocycles. The van der Waals surface area contributed by atoms with Crippen molar-refractivity contribution in [2.45, 2.75) is 18.7 Å². The summed E-state index contributed by atoms with van der Waals surface area (Å²) < 4.78 is 5.50. The molecule has 4 heteroatoms. The molecular weight excluding hydrogens is 282 g/mol. The topological polar surface area (TPSA) is 38.3 Å². The molecule has 0 bridgehead atoms. The zero-order valence-corrected chi connectivity index (χ0v) is 13.3. The molecule has 21 heavy (non-hydrogen) atoms. The van der Waals surface area contributed by atoms with E-state index in [-0.39, 0.29) is 12.5 Å². The summed E-state index contributed by atoms with van der Waals surface area (Å²) in [5.74, 6) is 0.552. The van der Waals surface area contributed by atoms with E-state index in [0.29, 0.717) is 5.75 Å². The highest BCUT2D eigenvalue weighted by molar-refractivity contribution is 7.98. The first-order chi connectivity index (χ1) is 10.1. The Labute approximate surface area is 129 Å². The minimum Gasteiger partial charge on any atom is -0.484 e. The number of carbonyl (C=O) groups is 1. The first kappa shape index (κ1) is 15.4. The van der Waals surface area contributed by atoms with Crippen molar-refractivity contribution in [1.82, 2.24) is 0 Å². The number of rotatable bonds is 5. The van der Waals surface area contributed by atoms with E-state index in [0.717, 1.165) is 11.3 Å². The second-order valence-electron chi connectivity index (χ2n) is 4.81. The second-order valence-corrected chi connectivity index (χ2v) is 5.69. The smallest absolute Gasteiger partial charge is 0.262 e. The highest BCUT2D eigenvalue weighted by Crippen LogP contribution is 2.18. The first-order valence-corrected chi connectivity index (χ1v) is 7.95. The Morgan fingerprint density at radius 2 is 1.81 bits per heavy atom. The van der Waals surface area contributed by atoms with Crippen LogP contribution in [0.3, 0.4) is 0 Å². The summed E-state index contributed by atoms with van der Waals surface area (Å²) in [5.41, 5.74) is 3.14. The van der Waals surface area contributed by atoms with Crippen LogP contribution in [-0.2, 0) is 4.79 Å². The molecule has 1 N–H and O–H groups in total. The van der Waals surface area contributed by atoms with E-state index >= 15 is 0 Å². The van der Waals surface area contributed by atoms with Gasteiger partial charge in [0.1, 0.15) is 5.75 Å². The summed E-state index contributed by atoms with van der Waals surface area (Å²) in [6.45, 7) is 4.08. The monoisotopic (exact) mass is 301 g/mol. The van der Waals surface area contributed by atoms with E-state index in [1.807, 2.05) is 62.6 Å². The maximum absolute atomic E-state index is 11.9. The van der Waals surface area contributed by atoms with Crippen LogP contribution in [0.25, 0.3) is 0 Å².